The van der Waals surface area contributed by atoms with Crippen molar-refractivity contribution in [2.75, 3.05) is 19.5 Å². The molecule has 2 aromatic carbocycles. The van der Waals surface area contributed by atoms with Gasteiger partial charge in [-0.05, 0) is 62.1 Å². The van der Waals surface area contributed by atoms with E-state index >= 15 is 4.39 Å². The highest BCUT2D eigenvalue weighted by Crippen LogP contribution is 2.39. The van der Waals surface area contributed by atoms with Crippen LogP contribution in [0.3, 0.4) is 0 Å². The van der Waals surface area contributed by atoms with Gasteiger partial charge in [0.2, 0.25) is 21.9 Å². The maximum atomic E-state index is 15.3. The fourth-order valence-electron chi connectivity index (χ4n) is 4.35. The zero-order chi connectivity index (χ0) is 27.2. The molecule has 0 bridgehead atoms. The van der Waals surface area contributed by atoms with Crippen LogP contribution in [-0.2, 0) is 10.0 Å². The minimum atomic E-state index is -4.67. The molecule has 0 amide bonds. The summed E-state index contributed by atoms with van der Waals surface area (Å²) in [7, 11) is -1.59. The molecular weight excluding hydrogens is 516 g/mol. The monoisotopic (exact) mass is 541 g/mol. The number of primary sulfonamides is 1. The summed E-state index contributed by atoms with van der Waals surface area (Å²) >= 11 is 0. The average molecular weight is 542 g/mol. The van der Waals surface area contributed by atoms with Crippen molar-refractivity contribution < 1.29 is 26.7 Å². The number of aryl methyl sites for hydroxylation is 1. The van der Waals surface area contributed by atoms with Gasteiger partial charge in [0, 0.05) is 35.3 Å². The van der Waals surface area contributed by atoms with Gasteiger partial charge in [-0.15, -0.1) is 0 Å². The van der Waals surface area contributed by atoms with E-state index in [1.54, 1.807) is 13.1 Å². The highest BCUT2D eigenvalue weighted by molar-refractivity contribution is 7.89. The Morgan fingerprint density at radius 3 is 2.47 bits per heavy atom. The highest BCUT2D eigenvalue weighted by atomic mass is 32.2. The van der Waals surface area contributed by atoms with Gasteiger partial charge in [0.15, 0.2) is 10.7 Å². The predicted octanol–water partition coefficient (Wildman–Crippen LogP) is 4.57. The molecule has 2 aromatic heterocycles. The Hall–Kier alpha value is -3.90. The number of methoxy groups -OCH3 is 1. The van der Waals surface area contributed by atoms with Crippen LogP contribution in [-0.4, -0.2) is 43.6 Å². The molecule has 0 radical (unpaired) electrons. The number of fused-ring (bicyclic) bond motifs is 1. The molecule has 5 rings (SSSR count). The smallest absolute Gasteiger partial charge is 0.243 e. The van der Waals surface area contributed by atoms with E-state index in [0.29, 0.717) is 28.3 Å². The number of aromatic nitrogens is 3. The lowest BCUT2D eigenvalue weighted by atomic mass is 9.95. The molecule has 0 spiro atoms. The van der Waals surface area contributed by atoms with Crippen molar-refractivity contribution in [3.63, 3.8) is 0 Å². The predicted molar refractivity (Wildman–Crippen MR) is 139 cm³/mol. The van der Waals surface area contributed by atoms with Crippen LogP contribution in [0.1, 0.15) is 25.0 Å². The molecule has 1 saturated carbocycles. The van der Waals surface area contributed by atoms with E-state index < -0.39 is 26.6 Å². The van der Waals surface area contributed by atoms with Gasteiger partial charge in [0.25, 0.3) is 0 Å². The number of nitrogens with zero attached hydrogens (tertiary/aromatic N) is 3. The van der Waals surface area contributed by atoms with E-state index in [0.717, 1.165) is 42.5 Å². The second kappa shape index (κ2) is 9.76. The van der Waals surface area contributed by atoms with E-state index in [9.17, 15) is 12.8 Å². The standard InChI is InChI=1S/C26H25F2N5O4S/c1-13-18-9-14(11-21(37-16-5-4-6-16)23(18)33-26(30-2)32-13)15-10-19(25(36-3)31-12-15)17-7-8-20(27)24(22(17)28)38(29,34)35/h7-12,16H,4-6H2,1-3H3,(H2,29,34,35)(H,30,32,33). The normalized spacial score (nSPS) is 13.8. The number of ether oxygens (including phenoxy) is 2. The molecule has 0 saturated heterocycles. The summed E-state index contributed by atoms with van der Waals surface area (Å²) in [6, 6.07) is 7.25. The van der Waals surface area contributed by atoms with E-state index in [1.165, 1.54) is 13.3 Å². The number of anilines is 1. The topological polar surface area (TPSA) is 129 Å². The van der Waals surface area contributed by atoms with Crippen LogP contribution in [0.25, 0.3) is 33.2 Å². The second-order valence-corrected chi connectivity index (χ2v) is 10.5. The molecule has 0 unspecified atom stereocenters. The lowest BCUT2D eigenvalue weighted by Gasteiger charge is -2.27. The first-order chi connectivity index (χ1) is 18.1. The van der Waals surface area contributed by atoms with Gasteiger partial charge in [0.1, 0.15) is 17.1 Å². The van der Waals surface area contributed by atoms with Crippen LogP contribution in [0.5, 0.6) is 11.6 Å². The summed E-state index contributed by atoms with van der Waals surface area (Å²) < 4.78 is 64.9. The van der Waals surface area contributed by atoms with Crippen LogP contribution >= 0.6 is 0 Å². The summed E-state index contributed by atoms with van der Waals surface area (Å²) in [5.74, 6) is -1.57. The van der Waals surface area contributed by atoms with Crippen LogP contribution in [0.15, 0.2) is 41.4 Å². The van der Waals surface area contributed by atoms with E-state index in [-0.39, 0.29) is 23.1 Å². The van der Waals surface area contributed by atoms with Gasteiger partial charge < -0.3 is 14.8 Å². The number of pyridine rings is 1. The van der Waals surface area contributed by atoms with Crippen molar-refractivity contribution in [2.45, 2.75) is 37.2 Å². The fourth-order valence-corrected chi connectivity index (χ4v) is 5.05. The first-order valence-corrected chi connectivity index (χ1v) is 13.4. The Kier molecular flexibility index (Phi) is 6.61. The number of hydrogen-bond acceptors (Lipinski definition) is 8. The van der Waals surface area contributed by atoms with Crippen molar-refractivity contribution in [1.82, 2.24) is 15.0 Å². The van der Waals surface area contributed by atoms with Gasteiger partial charge >= 0.3 is 0 Å². The highest BCUT2D eigenvalue weighted by Gasteiger charge is 2.26. The van der Waals surface area contributed by atoms with E-state index in [4.69, 9.17) is 14.6 Å². The zero-order valence-electron chi connectivity index (χ0n) is 20.9. The van der Waals surface area contributed by atoms with Gasteiger partial charge in [-0.25, -0.2) is 37.3 Å². The van der Waals surface area contributed by atoms with Crippen LogP contribution < -0.4 is 19.9 Å². The van der Waals surface area contributed by atoms with Crippen molar-refractivity contribution >= 4 is 26.9 Å². The molecule has 1 aliphatic carbocycles. The van der Waals surface area contributed by atoms with Gasteiger partial charge in [-0.3, -0.25) is 0 Å². The third kappa shape index (κ3) is 4.61. The Bertz CT molecular complexity index is 1680. The lowest BCUT2D eigenvalue weighted by molar-refractivity contribution is 0.122. The minimum absolute atomic E-state index is 0.0181. The quantitative estimate of drug-likeness (QED) is 0.348. The molecule has 3 N–H and O–H groups in total. The summed E-state index contributed by atoms with van der Waals surface area (Å²) in [5, 5.41) is 8.80. The third-order valence-electron chi connectivity index (χ3n) is 6.53. The molecule has 2 heterocycles. The number of nitrogens with two attached hydrogens (primary N) is 1. The van der Waals surface area contributed by atoms with Crippen molar-refractivity contribution in [2.24, 2.45) is 5.14 Å². The first-order valence-electron chi connectivity index (χ1n) is 11.8. The molecule has 198 valence electrons. The maximum Gasteiger partial charge on any atom is 0.243 e. The number of sulfonamides is 1. The number of nitrogens with one attached hydrogen (secondary N) is 1. The molecule has 38 heavy (non-hydrogen) atoms. The molecular formula is C26H25F2N5O4S. The first kappa shape index (κ1) is 25.7. The van der Waals surface area contributed by atoms with E-state index in [1.807, 2.05) is 19.1 Å². The zero-order valence-corrected chi connectivity index (χ0v) is 21.7. The number of rotatable bonds is 7. The molecule has 4 aromatic rings. The van der Waals surface area contributed by atoms with Crippen LogP contribution in [0.2, 0.25) is 0 Å². The Labute approximate surface area is 218 Å². The fraction of sp³-hybridized carbons (Fsp3) is 0.269. The average Bonchev–Trinajstić information content (AvgIpc) is 2.85. The molecule has 9 nitrogen and oxygen atoms in total. The molecule has 0 aliphatic heterocycles. The largest absolute Gasteiger partial charge is 0.488 e. The second-order valence-electron chi connectivity index (χ2n) is 8.99. The Morgan fingerprint density at radius 1 is 1.08 bits per heavy atom. The van der Waals surface area contributed by atoms with Crippen LogP contribution in [0.4, 0.5) is 14.7 Å². The van der Waals surface area contributed by atoms with Gasteiger partial charge in [0.05, 0.1) is 18.9 Å². The Morgan fingerprint density at radius 2 is 1.84 bits per heavy atom. The molecule has 12 heteroatoms. The summed E-state index contributed by atoms with van der Waals surface area (Å²) in [5.41, 5.74) is 2.50. The third-order valence-corrected chi connectivity index (χ3v) is 7.47. The SMILES string of the molecule is CNc1nc(C)c2cc(-c3cnc(OC)c(-c4ccc(F)c(S(N)(=O)=O)c4F)c3)cc(OC3CCC3)c2n1. The molecule has 1 aliphatic rings. The lowest BCUT2D eigenvalue weighted by Crippen LogP contribution is -2.24. The van der Waals surface area contributed by atoms with E-state index in [2.05, 4.69) is 20.3 Å². The number of hydrogen-bond donors (Lipinski definition) is 2. The number of halogens is 2. The van der Waals surface area contributed by atoms with Crippen molar-refractivity contribution in [1.29, 1.82) is 0 Å². The molecule has 1 fully saturated rings. The van der Waals surface area contributed by atoms with Crippen LogP contribution in [0, 0.1) is 18.6 Å². The Balaban J connectivity index is 1.71. The maximum absolute atomic E-state index is 15.3. The van der Waals surface area contributed by atoms with Crippen molar-refractivity contribution in [3.8, 4) is 33.9 Å². The summed E-state index contributed by atoms with van der Waals surface area (Å²) in [6.45, 7) is 1.86. The molecule has 0 atom stereocenters. The van der Waals surface area contributed by atoms with Crippen molar-refractivity contribution in [3.05, 3.63) is 53.9 Å². The summed E-state index contributed by atoms with van der Waals surface area (Å²) in [6.07, 6.45) is 4.60. The minimum Gasteiger partial charge on any atom is -0.488 e. The number of benzene rings is 2. The summed E-state index contributed by atoms with van der Waals surface area (Å²) in [4.78, 5) is 12.2. The van der Waals surface area contributed by atoms with Gasteiger partial charge in [-0.1, -0.05) is 0 Å². The van der Waals surface area contributed by atoms with Gasteiger partial charge in [-0.2, -0.15) is 0 Å².